The Morgan fingerprint density at radius 1 is 1.30 bits per heavy atom. The van der Waals surface area contributed by atoms with Crippen LogP contribution < -0.4 is 5.32 Å². The molecule has 1 atom stereocenters. The van der Waals surface area contributed by atoms with Crippen molar-refractivity contribution in [2.24, 2.45) is 5.92 Å². The number of nitrogens with zero attached hydrogens (tertiary/aromatic N) is 1. The first-order valence-corrected chi connectivity index (χ1v) is 8.20. The fourth-order valence-corrected chi connectivity index (χ4v) is 3.16. The van der Waals surface area contributed by atoms with Gasteiger partial charge in [0.1, 0.15) is 0 Å². The second-order valence-corrected chi connectivity index (χ2v) is 6.93. The molecule has 1 aliphatic heterocycles. The van der Waals surface area contributed by atoms with Crippen LogP contribution in [-0.2, 0) is 6.54 Å². The third-order valence-corrected chi connectivity index (χ3v) is 4.45. The van der Waals surface area contributed by atoms with Crippen LogP contribution in [0, 0.1) is 5.92 Å². The predicted octanol–water partition coefficient (Wildman–Crippen LogP) is 4.20. The van der Waals surface area contributed by atoms with Gasteiger partial charge in [0.05, 0.1) is 10.0 Å². The van der Waals surface area contributed by atoms with Crippen LogP contribution in [0.1, 0.15) is 32.3 Å². The predicted molar refractivity (Wildman–Crippen MR) is 87.6 cm³/mol. The van der Waals surface area contributed by atoms with Crippen LogP contribution in [0.15, 0.2) is 18.2 Å². The minimum absolute atomic E-state index is 0.597. The van der Waals surface area contributed by atoms with Crippen molar-refractivity contribution < 1.29 is 0 Å². The number of hydrogen-bond donors (Lipinski definition) is 1. The molecule has 1 aliphatic rings. The SMILES string of the molecule is CC(C)CC1CN(Cc2ccc(Cl)c(Cl)c2)CCCN1. The molecular formula is C16H24Cl2N2. The maximum Gasteiger partial charge on any atom is 0.0595 e. The van der Waals surface area contributed by atoms with Crippen molar-refractivity contribution in [2.75, 3.05) is 19.6 Å². The summed E-state index contributed by atoms with van der Waals surface area (Å²) in [6, 6.07) is 6.55. The molecule has 0 spiro atoms. The largest absolute Gasteiger partial charge is 0.313 e. The van der Waals surface area contributed by atoms with Crippen molar-refractivity contribution in [1.82, 2.24) is 10.2 Å². The zero-order valence-electron chi connectivity index (χ0n) is 12.3. The van der Waals surface area contributed by atoms with E-state index < -0.39 is 0 Å². The van der Waals surface area contributed by atoms with Gasteiger partial charge in [0.25, 0.3) is 0 Å². The molecule has 20 heavy (non-hydrogen) atoms. The number of benzene rings is 1. The van der Waals surface area contributed by atoms with Gasteiger partial charge in [-0.05, 0) is 49.5 Å². The average Bonchev–Trinajstić information content (AvgIpc) is 2.58. The Kier molecular flexibility index (Phi) is 6.16. The Balaban J connectivity index is 1.97. The molecule has 0 aliphatic carbocycles. The number of halogens is 2. The minimum Gasteiger partial charge on any atom is -0.313 e. The van der Waals surface area contributed by atoms with E-state index in [1.807, 2.05) is 12.1 Å². The molecule has 112 valence electrons. The molecule has 1 saturated heterocycles. The summed E-state index contributed by atoms with van der Waals surface area (Å²) in [6.45, 7) is 8.90. The monoisotopic (exact) mass is 314 g/mol. The highest BCUT2D eigenvalue weighted by molar-refractivity contribution is 6.42. The molecule has 1 heterocycles. The van der Waals surface area contributed by atoms with Crippen LogP contribution in [0.5, 0.6) is 0 Å². The van der Waals surface area contributed by atoms with Gasteiger partial charge in [-0.2, -0.15) is 0 Å². The molecular weight excluding hydrogens is 291 g/mol. The summed E-state index contributed by atoms with van der Waals surface area (Å²) in [6.07, 6.45) is 2.44. The molecule has 1 fully saturated rings. The van der Waals surface area contributed by atoms with Gasteiger partial charge in [0.15, 0.2) is 0 Å². The van der Waals surface area contributed by atoms with Crippen molar-refractivity contribution in [3.63, 3.8) is 0 Å². The van der Waals surface area contributed by atoms with Crippen LogP contribution in [-0.4, -0.2) is 30.6 Å². The summed E-state index contributed by atoms with van der Waals surface area (Å²) in [5, 5.41) is 4.94. The van der Waals surface area contributed by atoms with Crippen molar-refractivity contribution >= 4 is 23.2 Å². The second-order valence-electron chi connectivity index (χ2n) is 6.12. The molecule has 1 aromatic rings. The van der Waals surface area contributed by atoms with E-state index in [1.165, 1.54) is 18.4 Å². The number of rotatable bonds is 4. The molecule has 0 amide bonds. The molecule has 2 rings (SSSR count). The fourth-order valence-electron chi connectivity index (χ4n) is 2.84. The normalized spacial score (nSPS) is 21.1. The van der Waals surface area contributed by atoms with E-state index in [1.54, 1.807) is 0 Å². The molecule has 0 saturated carbocycles. The lowest BCUT2D eigenvalue weighted by Crippen LogP contribution is -2.38. The molecule has 1 N–H and O–H groups in total. The zero-order chi connectivity index (χ0) is 14.5. The Morgan fingerprint density at radius 2 is 2.10 bits per heavy atom. The maximum atomic E-state index is 6.10. The summed E-state index contributed by atoms with van der Waals surface area (Å²) >= 11 is 12.1. The molecule has 0 bridgehead atoms. The van der Waals surface area contributed by atoms with Gasteiger partial charge in [-0.1, -0.05) is 43.1 Å². The molecule has 0 radical (unpaired) electrons. The van der Waals surface area contributed by atoms with Crippen molar-refractivity contribution in [3.8, 4) is 0 Å². The first kappa shape index (κ1) is 16.1. The van der Waals surface area contributed by atoms with Gasteiger partial charge in [0, 0.05) is 19.1 Å². The first-order valence-electron chi connectivity index (χ1n) is 7.44. The van der Waals surface area contributed by atoms with Gasteiger partial charge in [-0.15, -0.1) is 0 Å². The van der Waals surface area contributed by atoms with E-state index in [2.05, 4.69) is 30.1 Å². The maximum absolute atomic E-state index is 6.10. The Morgan fingerprint density at radius 3 is 2.80 bits per heavy atom. The smallest absolute Gasteiger partial charge is 0.0595 e. The Bertz CT molecular complexity index is 434. The summed E-state index contributed by atoms with van der Waals surface area (Å²) in [5.41, 5.74) is 1.24. The summed E-state index contributed by atoms with van der Waals surface area (Å²) < 4.78 is 0. The van der Waals surface area contributed by atoms with Crippen molar-refractivity contribution in [2.45, 2.75) is 39.3 Å². The van der Waals surface area contributed by atoms with E-state index in [0.29, 0.717) is 16.1 Å². The summed E-state index contributed by atoms with van der Waals surface area (Å²) in [4.78, 5) is 2.52. The van der Waals surface area contributed by atoms with Gasteiger partial charge in [-0.25, -0.2) is 0 Å². The second kappa shape index (κ2) is 7.65. The minimum atomic E-state index is 0.597. The third kappa shape index (κ3) is 4.92. The molecule has 1 unspecified atom stereocenters. The van der Waals surface area contributed by atoms with E-state index in [4.69, 9.17) is 23.2 Å². The van der Waals surface area contributed by atoms with E-state index in [9.17, 15) is 0 Å². The van der Waals surface area contributed by atoms with Crippen LogP contribution in [0.4, 0.5) is 0 Å². The van der Waals surface area contributed by atoms with Gasteiger partial charge in [-0.3, -0.25) is 4.90 Å². The van der Waals surface area contributed by atoms with E-state index in [-0.39, 0.29) is 0 Å². The van der Waals surface area contributed by atoms with Crippen molar-refractivity contribution in [1.29, 1.82) is 0 Å². The highest BCUT2D eigenvalue weighted by atomic mass is 35.5. The lowest BCUT2D eigenvalue weighted by Gasteiger charge is -2.25. The standard InChI is InChI=1S/C16H24Cl2N2/c1-12(2)8-14-11-20(7-3-6-19-14)10-13-4-5-15(17)16(18)9-13/h4-5,9,12,14,19H,3,6-8,10-11H2,1-2H3. The average molecular weight is 315 g/mol. The van der Waals surface area contributed by atoms with E-state index >= 15 is 0 Å². The third-order valence-electron chi connectivity index (χ3n) is 3.71. The van der Waals surface area contributed by atoms with Crippen LogP contribution in [0.2, 0.25) is 10.0 Å². The highest BCUT2D eigenvalue weighted by Crippen LogP contribution is 2.23. The molecule has 4 heteroatoms. The van der Waals surface area contributed by atoms with Crippen LogP contribution in [0.25, 0.3) is 0 Å². The fraction of sp³-hybridized carbons (Fsp3) is 0.625. The van der Waals surface area contributed by atoms with Gasteiger partial charge < -0.3 is 5.32 Å². The quantitative estimate of drug-likeness (QED) is 0.895. The van der Waals surface area contributed by atoms with Crippen LogP contribution >= 0.6 is 23.2 Å². The topological polar surface area (TPSA) is 15.3 Å². The van der Waals surface area contributed by atoms with E-state index in [0.717, 1.165) is 32.1 Å². The van der Waals surface area contributed by atoms with Crippen LogP contribution in [0.3, 0.4) is 0 Å². The Labute approximate surface area is 132 Å². The van der Waals surface area contributed by atoms with Crippen molar-refractivity contribution in [3.05, 3.63) is 33.8 Å². The number of nitrogens with one attached hydrogen (secondary N) is 1. The van der Waals surface area contributed by atoms with Gasteiger partial charge in [0.2, 0.25) is 0 Å². The molecule has 0 aromatic heterocycles. The summed E-state index contributed by atoms with van der Waals surface area (Å²) in [7, 11) is 0. The molecule has 1 aromatic carbocycles. The summed E-state index contributed by atoms with van der Waals surface area (Å²) in [5.74, 6) is 0.734. The lowest BCUT2D eigenvalue weighted by atomic mass is 10.0. The first-order chi connectivity index (χ1) is 9.54. The molecule has 2 nitrogen and oxygen atoms in total. The lowest BCUT2D eigenvalue weighted by molar-refractivity contribution is 0.248. The van der Waals surface area contributed by atoms with Gasteiger partial charge >= 0.3 is 0 Å². The Hall–Kier alpha value is -0.280. The number of hydrogen-bond acceptors (Lipinski definition) is 2. The zero-order valence-corrected chi connectivity index (χ0v) is 13.8. The highest BCUT2D eigenvalue weighted by Gasteiger charge is 2.18.